The molecule has 0 unspecified atom stereocenters. The van der Waals surface area contributed by atoms with E-state index in [1.165, 1.54) is 4.57 Å². The van der Waals surface area contributed by atoms with Gasteiger partial charge in [-0.25, -0.2) is 4.79 Å². The van der Waals surface area contributed by atoms with E-state index in [0.717, 1.165) is 17.3 Å². The van der Waals surface area contributed by atoms with Gasteiger partial charge in [0.05, 0.1) is 12.1 Å². The Balaban J connectivity index is 1.77. The van der Waals surface area contributed by atoms with E-state index in [0.29, 0.717) is 20.8 Å². The molecular formula is C25H16ClNO5S. The third-order valence-corrected chi connectivity index (χ3v) is 6.54. The molecule has 0 bridgehead atoms. The Labute approximate surface area is 196 Å². The molecule has 3 aromatic carbocycles. The van der Waals surface area contributed by atoms with Gasteiger partial charge in [-0.1, -0.05) is 53.7 Å². The summed E-state index contributed by atoms with van der Waals surface area (Å²) in [4.78, 5) is 26.9. The fraction of sp³-hybridized carbons (Fsp3) is 0.0400. The van der Waals surface area contributed by atoms with Crippen LogP contribution in [0.5, 0.6) is 11.5 Å². The van der Waals surface area contributed by atoms with Crippen molar-refractivity contribution in [2.45, 2.75) is 16.3 Å². The van der Waals surface area contributed by atoms with Crippen LogP contribution >= 0.6 is 23.4 Å². The average molecular weight is 478 g/mol. The Kier molecular flexibility index (Phi) is 5.36. The SMILES string of the molecule is O=c1oc2c(c(O)c1Sc1cccc(Cl)c1)c(=O)n(Cc1ccc(O)cc1)c1ccccc21. The molecule has 2 N–H and O–H groups in total. The van der Waals surface area contributed by atoms with Crippen molar-refractivity contribution >= 4 is 45.2 Å². The molecule has 0 aliphatic heterocycles. The highest BCUT2D eigenvalue weighted by molar-refractivity contribution is 7.99. The maximum atomic E-state index is 13.6. The number of pyridine rings is 1. The van der Waals surface area contributed by atoms with E-state index in [4.69, 9.17) is 16.0 Å². The lowest BCUT2D eigenvalue weighted by atomic mass is 10.1. The van der Waals surface area contributed by atoms with Gasteiger partial charge in [0.1, 0.15) is 16.0 Å². The lowest BCUT2D eigenvalue weighted by Gasteiger charge is -2.14. The number of hydrogen-bond acceptors (Lipinski definition) is 6. The molecule has 164 valence electrons. The standard InChI is InChI=1S/C25H16ClNO5S/c26-15-4-3-5-17(12-15)33-23-21(29)20-22(32-25(23)31)18-6-1-2-7-19(18)27(24(20)30)13-14-8-10-16(28)11-9-14/h1-12,28-29H,13H2. The summed E-state index contributed by atoms with van der Waals surface area (Å²) in [5, 5.41) is 21.6. The molecule has 2 heterocycles. The summed E-state index contributed by atoms with van der Waals surface area (Å²) in [6.45, 7) is 0.199. The second-order valence-corrected chi connectivity index (χ2v) is 8.93. The number of hydrogen-bond donors (Lipinski definition) is 2. The van der Waals surface area contributed by atoms with Crippen molar-refractivity contribution in [2.24, 2.45) is 0 Å². The lowest BCUT2D eigenvalue weighted by molar-refractivity contribution is 0.446. The monoisotopic (exact) mass is 477 g/mol. The van der Waals surface area contributed by atoms with Crippen LogP contribution in [0.1, 0.15) is 5.56 Å². The molecular weight excluding hydrogens is 462 g/mol. The summed E-state index contributed by atoms with van der Waals surface area (Å²) >= 11 is 7.02. The van der Waals surface area contributed by atoms with Crippen molar-refractivity contribution in [3.05, 3.63) is 104 Å². The number of benzene rings is 3. The summed E-state index contributed by atoms with van der Waals surface area (Å²) in [6.07, 6.45) is 0. The number of phenols is 1. The summed E-state index contributed by atoms with van der Waals surface area (Å²) in [6, 6.07) is 20.4. The molecule has 5 aromatic rings. The van der Waals surface area contributed by atoms with Gasteiger partial charge in [-0.05, 0) is 48.0 Å². The zero-order valence-electron chi connectivity index (χ0n) is 17.0. The number of phenolic OH excluding ortho intramolecular Hbond substituents is 1. The van der Waals surface area contributed by atoms with Crippen LogP contribution < -0.4 is 11.2 Å². The number of aromatic hydroxyl groups is 2. The van der Waals surface area contributed by atoms with Gasteiger partial charge in [0, 0.05) is 15.3 Å². The van der Waals surface area contributed by atoms with Gasteiger partial charge < -0.3 is 19.2 Å². The molecule has 0 amide bonds. The van der Waals surface area contributed by atoms with Gasteiger partial charge in [0.2, 0.25) is 0 Å². The van der Waals surface area contributed by atoms with Crippen LogP contribution in [0.25, 0.3) is 21.9 Å². The second-order valence-electron chi connectivity index (χ2n) is 7.41. The van der Waals surface area contributed by atoms with Crippen LogP contribution in [0.2, 0.25) is 5.02 Å². The number of halogens is 1. The Morgan fingerprint density at radius 3 is 2.45 bits per heavy atom. The summed E-state index contributed by atoms with van der Waals surface area (Å²) in [5.41, 5.74) is 0.137. The van der Waals surface area contributed by atoms with Crippen LogP contribution in [0, 0.1) is 0 Å². The summed E-state index contributed by atoms with van der Waals surface area (Å²) in [5.74, 6) is -0.307. The van der Waals surface area contributed by atoms with Gasteiger partial charge in [-0.2, -0.15) is 0 Å². The number of fused-ring (bicyclic) bond motifs is 3. The second kappa shape index (κ2) is 8.35. The smallest absolute Gasteiger partial charge is 0.354 e. The van der Waals surface area contributed by atoms with E-state index >= 15 is 0 Å². The van der Waals surface area contributed by atoms with Gasteiger partial charge in [-0.15, -0.1) is 0 Å². The number of nitrogens with zero attached hydrogens (tertiary/aromatic N) is 1. The highest BCUT2D eigenvalue weighted by Crippen LogP contribution is 2.37. The largest absolute Gasteiger partial charge is 0.508 e. The first kappa shape index (κ1) is 21.2. The minimum absolute atomic E-state index is 0.0375. The number of rotatable bonds is 4. The van der Waals surface area contributed by atoms with Crippen molar-refractivity contribution in [1.29, 1.82) is 0 Å². The topological polar surface area (TPSA) is 92.7 Å². The first-order valence-corrected chi connectivity index (χ1v) is 11.1. The first-order valence-electron chi connectivity index (χ1n) is 9.95. The Bertz CT molecular complexity index is 1640. The van der Waals surface area contributed by atoms with E-state index in [9.17, 15) is 19.8 Å². The zero-order valence-corrected chi connectivity index (χ0v) is 18.6. The third kappa shape index (κ3) is 3.86. The van der Waals surface area contributed by atoms with Crippen LogP contribution in [0.4, 0.5) is 0 Å². The molecule has 6 nitrogen and oxygen atoms in total. The maximum Gasteiger partial charge on any atom is 0.354 e. The van der Waals surface area contributed by atoms with Crippen LogP contribution in [-0.2, 0) is 6.54 Å². The number of aromatic nitrogens is 1. The van der Waals surface area contributed by atoms with Gasteiger partial charge >= 0.3 is 5.63 Å². The van der Waals surface area contributed by atoms with Gasteiger partial charge in [-0.3, -0.25) is 4.79 Å². The molecule has 33 heavy (non-hydrogen) atoms. The fourth-order valence-electron chi connectivity index (χ4n) is 3.72. The predicted octanol–water partition coefficient (Wildman–Crippen LogP) is 5.37. The molecule has 8 heteroatoms. The average Bonchev–Trinajstić information content (AvgIpc) is 2.80. The lowest BCUT2D eigenvalue weighted by Crippen LogP contribution is -2.22. The number of para-hydroxylation sites is 1. The van der Waals surface area contributed by atoms with Crippen molar-refractivity contribution in [3.8, 4) is 11.5 Å². The Morgan fingerprint density at radius 2 is 1.70 bits per heavy atom. The van der Waals surface area contributed by atoms with E-state index in [1.807, 2.05) is 0 Å². The van der Waals surface area contributed by atoms with Crippen molar-refractivity contribution in [2.75, 3.05) is 0 Å². The highest BCUT2D eigenvalue weighted by Gasteiger charge is 2.22. The summed E-state index contributed by atoms with van der Waals surface area (Å²) in [7, 11) is 0. The van der Waals surface area contributed by atoms with Crippen molar-refractivity contribution in [1.82, 2.24) is 4.57 Å². The molecule has 0 saturated heterocycles. The normalized spacial score (nSPS) is 11.3. The zero-order chi connectivity index (χ0) is 23.1. The van der Waals surface area contributed by atoms with Crippen molar-refractivity contribution in [3.63, 3.8) is 0 Å². The van der Waals surface area contributed by atoms with Gasteiger partial charge in [0.15, 0.2) is 11.3 Å². The maximum absolute atomic E-state index is 13.6. The van der Waals surface area contributed by atoms with Gasteiger partial charge in [0.25, 0.3) is 5.56 Å². The molecule has 0 saturated carbocycles. The first-order chi connectivity index (χ1) is 15.9. The summed E-state index contributed by atoms with van der Waals surface area (Å²) < 4.78 is 7.09. The molecule has 0 radical (unpaired) electrons. The predicted molar refractivity (Wildman–Crippen MR) is 129 cm³/mol. The van der Waals surface area contributed by atoms with E-state index in [2.05, 4.69) is 0 Å². The highest BCUT2D eigenvalue weighted by atomic mass is 35.5. The minimum Gasteiger partial charge on any atom is -0.508 e. The fourth-order valence-corrected chi connectivity index (χ4v) is 4.87. The third-order valence-electron chi connectivity index (χ3n) is 5.25. The molecule has 2 aromatic heterocycles. The Morgan fingerprint density at radius 1 is 0.939 bits per heavy atom. The Hall–Kier alpha value is -3.68. The molecule has 5 rings (SSSR count). The van der Waals surface area contributed by atoms with Crippen LogP contribution in [0.3, 0.4) is 0 Å². The van der Waals surface area contributed by atoms with Crippen LogP contribution in [0.15, 0.2) is 96.6 Å². The minimum atomic E-state index is -0.745. The van der Waals surface area contributed by atoms with Crippen LogP contribution in [-0.4, -0.2) is 14.8 Å². The van der Waals surface area contributed by atoms with E-state index < -0.39 is 16.9 Å². The molecule has 0 atom stereocenters. The molecule has 0 fully saturated rings. The molecule has 0 spiro atoms. The van der Waals surface area contributed by atoms with Crippen molar-refractivity contribution < 1.29 is 14.6 Å². The van der Waals surface area contributed by atoms with E-state index in [1.54, 1.807) is 72.8 Å². The van der Waals surface area contributed by atoms with E-state index in [-0.39, 0.29) is 28.2 Å². The molecule has 0 aliphatic rings. The quantitative estimate of drug-likeness (QED) is 0.338. The molecule has 0 aliphatic carbocycles.